The Balaban J connectivity index is 2.24. The van der Waals surface area contributed by atoms with Gasteiger partial charge in [0.25, 0.3) is 0 Å². The molecule has 19 heavy (non-hydrogen) atoms. The number of benzene rings is 1. The van der Waals surface area contributed by atoms with Gasteiger partial charge in [0.15, 0.2) is 5.82 Å². The lowest BCUT2D eigenvalue weighted by Crippen LogP contribution is -1.96. The molecule has 0 amide bonds. The Morgan fingerprint density at radius 3 is 2.42 bits per heavy atom. The SMILES string of the molecule is Cc1cc2c(N)nc(-c3cc(F)cc(F)c3)nc2s1. The first kappa shape index (κ1) is 12.0. The van der Waals surface area contributed by atoms with Gasteiger partial charge in [-0.3, -0.25) is 0 Å². The van der Waals surface area contributed by atoms with Crippen molar-refractivity contribution < 1.29 is 8.78 Å². The first-order valence-corrected chi connectivity index (χ1v) is 6.35. The first-order valence-electron chi connectivity index (χ1n) is 5.53. The first-order chi connectivity index (χ1) is 9.02. The maximum Gasteiger partial charge on any atom is 0.163 e. The van der Waals surface area contributed by atoms with Crippen LogP contribution in [0, 0.1) is 18.6 Å². The Bertz CT molecular complexity index is 763. The van der Waals surface area contributed by atoms with Gasteiger partial charge in [0.05, 0.1) is 5.39 Å². The van der Waals surface area contributed by atoms with Gasteiger partial charge in [-0.1, -0.05) is 0 Å². The molecule has 0 unspecified atom stereocenters. The van der Waals surface area contributed by atoms with Crippen molar-refractivity contribution in [1.82, 2.24) is 9.97 Å². The third-order valence-electron chi connectivity index (χ3n) is 2.67. The van der Waals surface area contributed by atoms with Crippen LogP contribution in [0.25, 0.3) is 21.6 Å². The summed E-state index contributed by atoms with van der Waals surface area (Å²) >= 11 is 1.46. The van der Waals surface area contributed by atoms with Gasteiger partial charge in [-0.15, -0.1) is 11.3 Å². The Labute approximate surface area is 111 Å². The van der Waals surface area contributed by atoms with E-state index in [0.717, 1.165) is 16.3 Å². The highest BCUT2D eigenvalue weighted by Gasteiger charge is 2.11. The molecule has 0 bridgehead atoms. The van der Waals surface area contributed by atoms with Crippen molar-refractivity contribution in [2.45, 2.75) is 6.92 Å². The maximum absolute atomic E-state index is 13.2. The highest BCUT2D eigenvalue weighted by Crippen LogP contribution is 2.29. The Hall–Kier alpha value is -2.08. The van der Waals surface area contributed by atoms with Crippen LogP contribution in [-0.4, -0.2) is 9.97 Å². The summed E-state index contributed by atoms with van der Waals surface area (Å²) in [4.78, 5) is 10.2. The molecule has 6 heteroatoms. The number of nitrogens with two attached hydrogens (primary N) is 1. The van der Waals surface area contributed by atoms with Crippen molar-refractivity contribution in [2.75, 3.05) is 5.73 Å². The minimum Gasteiger partial charge on any atom is -0.383 e. The topological polar surface area (TPSA) is 51.8 Å². The highest BCUT2D eigenvalue weighted by molar-refractivity contribution is 7.18. The van der Waals surface area contributed by atoms with Crippen molar-refractivity contribution in [2.24, 2.45) is 0 Å². The minimum absolute atomic E-state index is 0.227. The number of rotatable bonds is 1. The van der Waals surface area contributed by atoms with E-state index in [9.17, 15) is 8.78 Å². The molecule has 0 atom stereocenters. The number of thiophene rings is 1. The molecule has 0 spiro atoms. The fourth-order valence-corrected chi connectivity index (χ4v) is 2.76. The van der Waals surface area contributed by atoms with Gasteiger partial charge in [-0.25, -0.2) is 18.7 Å². The number of halogens is 2. The van der Waals surface area contributed by atoms with E-state index in [1.165, 1.54) is 23.5 Å². The van der Waals surface area contributed by atoms with Crippen LogP contribution in [-0.2, 0) is 0 Å². The molecule has 0 saturated carbocycles. The van der Waals surface area contributed by atoms with Crippen LogP contribution in [0.1, 0.15) is 4.88 Å². The Morgan fingerprint density at radius 1 is 1.05 bits per heavy atom. The average Bonchev–Trinajstić information content (AvgIpc) is 2.69. The van der Waals surface area contributed by atoms with Crippen molar-refractivity contribution >= 4 is 27.4 Å². The Kier molecular flexibility index (Phi) is 2.67. The van der Waals surface area contributed by atoms with Gasteiger partial charge >= 0.3 is 0 Å². The summed E-state index contributed by atoms with van der Waals surface area (Å²) in [5.74, 6) is -0.793. The van der Waals surface area contributed by atoms with E-state index in [1.54, 1.807) is 0 Å². The van der Waals surface area contributed by atoms with E-state index in [2.05, 4.69) is 9.97 Å². The molecule has 96 valence electrons. The van der Waals surface area contributed by atoms with E-state index in [-0.39, 0.29) is 11.4 Å². The van der Waals surface area contributed by atoms with Gasteiger partial charge in [-0.2, -0.15) is 0 Å². The molecule has 1 aromatic carbocycles. The number of fused-ring (bicyclic) bond motifs is 1. The van der Waals surface area contributed by atoms with Gasteiger partial charge in [-0.05, 0) is 25.1 Å². The van der Waals surface area contributed by atoms with E-state index < -0.39 is 11.6 Å². The zero-order chi connectivity index (χ0) is 13.6. The third-order valence-corrected chi connectivity index (χ3v) is 3.61. The molecule has 2 aromatic heterocycles. The second-order valence-corrected chi connectivity index (χ2v) is 5.40. The van der Waals surface area contributed by atoms with E-state index >= 15 is 0 Å². The summed E-state index contributed by atoms with van der Waals surface area (Å²) in [7, 11) is 0. The number of anilines is 1. The van der Waals surface area contributed by atoms with Crippen LogP contribution < -0.4 is 5.73 Å². The van der Waals surface area contributed by atoms with Gasteiger partial charge in [0.2, 0.25) is 0 Å². The molecule has 2 heterocycles. The van der Waals surface area contributed by atoms with Crippen LogP contribution in [0.2, 0.25) is 0 Å². The predicted molar refractivity (Wildman–Crippen MR) is 71.9 cm³/mol. The van der Waals surface area contributed by atoms with E-state index in [1.807, 2.05) is 13.0 Å². The summed E-state index contributed by atoms with van der Waals surface area (Å²) in [5.41, 5.74) is 6.13. The largest absolute Gasteiger partial charge is 0.383 e. The molecule has 0 aliphatic heterocycles. The number of nitrogen functional groups attached to an aromatic ring is 1. The Morgan fingerprint density at radius 2 is 1.74 bits per heavy atom. The van der Waals surface area contributed by atoms with Crippen LogP contribution in [0.4, 0.5) is 14.6 Å². The minimum atomic E-state index is -0.667. The lowest BCUT2D eigenvalue weighted by atomic mass is 10.2. The monoisotopic (exact) mass is 277 g/mol. The van der Waals surface area contributed by atoms with E-state index in [0.29, 0.717) is 10.6 Å². The van der Waals surface area contributed by atoms with Crippen molar-refractivity contribution in [3.63, 3.8) is 0 Å². The fourth-order valence-electron chi connectivity index (χ4n) is 1.88. The van der Waals surface area contributed by atoms with Crippen LogP contribution >= 0.6 is 11.3 Å². The van der Waals surface area contributed by atoms with Crippen LogP contribution in [0.15, 0.2) is 24.3 Å². The second kappa shape index (κ2) is 4.24. The normalized spacial score (nSPS) is 11.1. The molecular formula is C13H9F2N3S. The molecule has 0 aliphatic carbocycles. The molecule has 3 nitrogen and oxygen atoms in total. The molecular weight excluding hydrogens is 268 g/mol. The molecule has 2 N–H and O–H groups in total. The van der Waals surface area contributed by atoms with Crippen molar-refractivity contribution in [1.29, 1.82) is 0 Å². The summed E-state index contributed by atoms with van der Waals surface area (Å²) in [5, 5.41) is 0.767. The lowest BCUT2D eigenvalue weighted by Gasteiger charge is -2.03. The number of aryl methyl sites for hydroxylation is 1. The van der Waals surface area contributed by atoms with E-state index in [4.69, 9.17) is 5.73 Å². The number of aromatic nitrogens is 2. The summed E-state index contributed by atoms with van der Waals surface area (Å²) in [6.45, 7) is 1.94. The summed E-state index contributed by atoms with van der Waals surface area (Å²) in [6, 6.07) is 5.07. The number of hydrogen-bond acceptors (Lipinski definition) is 4. The van der Waals surface area contributed by atoms with Crippen LogP contribution in [0.5, 0.6) is 0 Å². The van der Waals surface area contributed by atoms with Crippen LogP contribution in [0.3, 0.4) is 0 Å². The van der Waals surface area contributed by atoms with Gasteiger partial charge in [0.1, 0.15) is 22.3 Å². The number of hydrogen-bond donors (Lipinski definition) is 1. The van der Waals surface area contributed by atoms with Gasteiger partial charge < -0.3 is 5.73 Å². The predicted octanol–water partition coefficient (Wildman–Crippen LogP) is 3.53. The molecule has 0 aliphatic rings. The zero-order valence-electron chi connectivity index (χ0n) is 9.95. The summed E-state index contributed by atoms with van der Waals surface area (Å²) in [6.07, 6.45) is 0. The highest BCUT2D eigenvalue weighted by atomic mass is 32.1. The fraction of sp³-hybridized carbons (Fsp3) is 0.0769. The summed E-state index contributed by atoms with van der Waals surface area (Å²) < 4.78 is 26.4. The third kappa shape index (κ3) is 2.15. The number of nitrogens with zero attached hydrogens (tertiary/aromatic N) is 2. The van der Waals surface area contributed by atoms with Crippen molar-refractivity contribution in [3.8, 4) is 11.4 Å². The molecule has 0 saturated heterocycles. The molecule has 0 radical (unpaired) electrons. The smallest absolute Gasteiger partial charge is 0.163 e. The molecule has 0 fully saturated rings. The quantitative estimate of drug-likeness (QED) is 0.740. The zero-order valence-corrected chi connectivity index (χ0v) is 10.8. The maximum atomic E-state index is 13.2. The lowest BCUT2D eigenvalue weighted by molar-refractivity contribution is 0.584. The molecule has 3 rings (SSSR count). The standard InChI is InChI=1S/C13H9F2N3S/c1-6-2-10-11(16)17-12(18-13(10)19-6)7-3-8(14)5-9(15)4-7/h2-5H,1H3,(H2,16,17,18). The average molecular weight is 277 g/mol. The second-order valence-electron chi connectivity index (χ2n) is 4.17. The molecule has 3 aromatic rings. The van der Waals surface area contributed by atoms with Gasteiger partial charge in [0, 0.05) is 16.5 Å². The van der Waals surface area contributed by atoms with Crippen molar-refractivity contribution in [3.05, 3.63) is 40.8 Å².